The van der Waals surface area contributed by atoms with Crippen molar-refractivity contribution in [3.05, 3.63) is 30.3 Å². The van der Waals surface area contributed by atoms with Gasteiger partial charge in [0.1, 0.15) is 11.5 Å². The summed E-state index contributed by atoms with van der Waals surface area (Å²) in [6.45, 7) is 9.51. The highest BCUT2D eigenvalue weighted by atomic mass is 16.2. The van der Waals surface area contributed by atoms with E-state index in [0.717, 1.165) is 5.69 Å². The highest BCUT2D eigenvalue weighted by molar-refractivity contribution is 6.04. The monoisotopic (exact) mass is 386 g/mol. The third kappa shape index (κ3) is 6.38. The van der Waals surface area contributed by atoms with Crippen LogP contribution in [-0.2, 0) is 14.4 Å². The van der Waals surface area contributed by atoms with Crippen LogP contribution in [0.15, 0.2) is 30.3 Å². The van der Waals surface area contributed by atoms with E-state index < -0.39 is 11.5 Å². The molecule has 0 spiro atoms. The zero-order valence-corrected chi connectivity index (χ0v) is 17.2. The Bertz CT molecular complexity index is 710. The third-order valence-electron chi connectivity index (χ3n) is 4.44. The lowest BCUT2D eigenvalue weighted by Gasteiger charge is -2.30. The van der Waals surface area contributed by atoms with Crippen LogP contribution in [0.2, 0.25) is 0 Å². The van der Waals surface area contributed by atoms with Crippen molar-refractivity contribution in [1.82, 2.24) is 10.2 Å². The van der Waals surface area contributed by atoms with Crippen molar-refractivity contribution < 1.29 is 14.4 Å². The van der Waals surface area contributed by atoms with Gasteiger partial charge in [-0.15, -0.1) is 0 Å². The molecule has 0 bridgehead atoms. The van der Waals surface area contributed by atoms with Crippen LogP contribution in [0.5, 0.6) is 0 Å². The Balaban J connectivity index is 0.000000362. The summed E-state index contributed by atoms with van der Waals surface area (Å²) in [4.78, 5) is 36.0. The van der Waals surface area contributed by atoms with Gasteiger partial charge in [-0.1, -0.05) is 25.1 Å². The van der Waals surface area contributed by atoms with Gasteiger partial charge in [-0.25, -0.2) is 0 Å². The second-order valence-corrected chi connectivity index (χ2v) is 7.82. The van der Waals surface area contributed by atoms with Gasteiger partial charge in [-0.05, 0) is 52.2 Å². The second kappa shape index (κ2) is 10.5. The number of anilines is 1. The largest absolute Gasteiger partial charge is 0.353 e. The molecule has 0 aliphatic carbocycles. The van der Waals surface area contributed by atoms with E-state index in [-0.39, 0.29) is 17.9 Å². The summed E-state index contributed by atoms with van der Waals surface area (Å²) in [5.74, 6) is -0.247. The summed E-state index contributed by atoms with van der Waals surface area (Å²) in [5, 5.41) is 14.4. The fourth-order valence-electron chi connectivity index (χ4n) is 2.89. The molecule has 1 aromatic rings. The quantitative estimate of drug-likeness (QED) is 0.600. The molecule has 2 atom stereocenters. The van der Waals surface area contributed by atoms with Gasteiger partial charge < -0.3 is 15.5 Å². The van der Waals surface area contributed by atoms with Crippen molar-refractivity contribution in [2.45, 2.75) is 53.1 Å². The first kappa shape index (κ1) is 23.2. The third-order valence-corrected chi connectivity index (χ3v) is 4.44. The zero-order chi connectivity index (χ0) is 21.3. The maximum Gasteiger partial charge on any atom is 0.238 e. The van der Waals surface area contributed by atoms with E-state index in [9.17, 15) is 14.4 Å². The van der Waals surface area contributed by atoms with Crippen LogP contribution in [0.4, 0.5) is 5.69 Å². The number of nitriles is 1. The molecule has 152 valence electrons. The van der Waals surface area contributed by atoms with Crippen LogP contribution in [0.25, 0.3) is 0 Å². The minimum atomic E-state index is -1.14. The van der Waals surface area contributed by atoms with Gasteiger partial charge in [-0.2, -0.15) is 5.26 Å². The summed E-state index contributed by atoms with van der Waals surface area (Å²) < 4.78 is 0. The van der Waals surface area contributed by atoms with Crippen LogP contribution in [0.1, 0.15) is 41.0 Å². The summed E-state index contributed by atoms with van der Waals surface area (Å²) >= 11 is 0. The molecule has 2 unspecified atom stereocenters. The summed E-state index contributed by atoms with van der Waals surface area (Å²) in [6, 6.07) is 11.0. The molecule has 7 nitrogen and oxygen atoms in total. The Morgan fingerprint density at radius 1 is 1.29 bits per heavy atom. The number of nitrogens with one attached hydrogen (secondary N) is 2. The molecule has 1 aliphatic heterocycles. The normalized spacial score (nSPS) is 18.5. The topological polar surface area (TPSA) is 102 Å². The lowest BCUT2D eigenvalue weighted by molar-refractivity contribution is -0.148. The van der Waals surface area contributed by atoms with Crippen molar-refractivity contribution in [3.63, 3.8) is 0 Å². The predicted octanol–water partition coefficient (Wildman–Crippen LogP) is 2.55. The summed E-state index contributed by atoms with van der Waals surface area (Å²) in [7, 11) is 0. The minimum Gasteiger partial charge on any atom is -0.353 e. The number of nitrogens with zero attached hydrogens (tertiary/aromatic N) is 2. The molecule has 0 aromatic heterocycles. The van der Waals surface area contributed by atoms with Crippen LogP contribution >= 0.6 is 0 Å². The average molecular weight is 386 g/mol. The fourth-order valence-corrected chi connectivity index (χ4v) is 2.89. The van der Waals surface area contributed by atoms with E-state index in [1.807, 2.05) is 51.1 Å². The van der Waals surface area contributed by atoms with Crippen LogP contribution in [0, 0.1) is 22.7 Å². The number of hydrogen-bond acceptors (Lipinski definition) is 4. The first-order chi connectivity index (χ1) is 13.1. The predicted molar refractivity (Wildman–Crippen MR) is 108 cm³/mol. The van der Waals surface area contributed by atoms with Crippen LogP contribution in [-0.4, -0.2) is 41.8 Å². The molecule has 0 saturated carbocycles. The molecular weight excluding hydrogens is 356 g/mol. The summed E-state index contributed by atoms with van der Waals surface area (Å²) in [5.41, 5.74) is -0.309. The average Bonchev–Trinajstić information content (AvgIpc) is 3.03. The Morgan fingerprint density at radius 2 is 1.89 bits per heavy atom. The van der Waals surface area contributed by atoms with Gasteiger partial charge in [0, 0.05) is 18.3 Å². The number of para-hydroxylation sites is 1. The van der Waals surface area contributed by atoms with Crippen LogP contribution < -0.4 is 10.6 Å². The highest BCUT2D eigenvalue weighted by Crippen LogP contribution is 2.28. The molecular formula is C21H30N4O3. The molecule has 7 heteroatoms. The van der Waals surface area contributed by atoms with Crippen molar-refractivity contribution in [3.8, 4) is 6.07 Å². The lowest BCUT2D eigenvalue weighted by atomic mass is 9.89. The number of carbonyl (C=O) groups excluding carboxylic acids is 3. The maximum atomic E-state index is 12.5. The number of carbonyl (C=O) groups is 3. The molecule has 3 amide bonds. The van der Waals surface area contributed by atoms with E-state index in [2.05, 4.69) is 16.7 Å². The summed E-state index contributed by atoms with van der Waals surface area (Å²) in [6.07, 6.45) is 1.35. The van der Waals surface area contributed by atoms with Gasteiger partial charge in [-0.3, -0.25) is 14.4 Å². The van der Waals surface area contributed by atoms with Crippen molar-refractivity contribution >= 4 is 23.9 Å². The molecule has 2 N–H and O–H groups in total. The molecule has 28 heavy (non-hydrogen) atoms. The second-order valence-electron chi connectivity index (χ2n) is 7.82. The molecule has 1 saturated heterocycles. The number of likely N-dealkylation sites (tertiary alicyclic amines) is 1. The van der Waals surface area contributed by atoms with E-state index >= 15 is 0 Å². The van der Waals surface area contributed by atoms with Gasteiger partial charge in [0.2, 0.25) is 18.2 Å². The van der Waals surface area contributed by atoms with Gasteiger partial charge in [0.25, 0.3) is 0 Å². The zero-order valence-electron chi connectivity index (χ0n) is 17.2. The smallest absolute Gasteiger partial charge is 0.238 e. The molecule has 2 rings (SSSR count). The number of hydrogen-bond donors (Lipinski definition) is 2. The van der Waals surface area contributed by atoms with E-state index in [0.29, 0.717) is 25.3 Å². The Labute approximate surface area is 167 Å². The molecule has 1 aromatic carbocycles. The van der Waals surface area contributed by atoms with Crippen molar-refractivity contribution in [2.75, 3.05) is 11.9 Å². The molecule has 0 radical (unpaired) electrons. The Kier molecular flexibility index (Phi) is 8.65. The Morgan fingerprint density at radius 3 is 2.39 bits per heavy atom. The lowest BCUT2D eigenvalue weighted by Crippen LogP contribution is -2.52. The van der Waals surface area contributed by atoms with E-state index in [4.69, 9.17) is 5.26 Å². The van der Waals surface area contributed by atoms with Crippen molar-refractivity contribution in [1.29, 1.82) is 5.26 Å². The SMILES string of the molecule is CC1CC(C#N)N(C(=O)C(C)(C)C(=O)NC(C)C)C1.O=CNc1ccccc1. The molecule has 1 fully saturated rings. The molecule has 1 heterocycles. The maximum absolute atomic E-state index is 12.5. The first-order valence-electron chi connectivity index (χ1n) is 9.40. The van der Waals surface area contributed by atoms with Gasteiger partial charge in [0.15, 0.2) is 0 Å². The number of benzene rings is 1. The van der Waals surface area contributed by atoms with E-state index in [1.54, 1.807) is 18.7 Å². The number of rotatable bonds is 5. The molecule has 1 aliphatic rings. The van der Waals surface area contributed by atoms with Crippen molar-refractivity contribution in [2.24, 2.45) is 11.3 Å². The standard InChI is InChI=1S/C14H23N3O2.C7H7NO/c1-9(2)16-12(18)14(4,5)13(19)17-8-10(3)6-11(17)7-15;9-6-8-7-4-2-1-3-5-7/h9-11H,6,8H2,1-5H3,(H,16,18);1-6H,(H,8,9). The highest BCUT2D eigenvalue weighted by Gasteiger charge is 2.44. The first-order valence-corrected chi connectivity index (χ1v) is 9.40. The Hall–Kier alpha value is -2.88. The minimum absolute atomic E-state index is 0.0103. The van der Waals surface area contributed by atoms with Crippen LogP contribution in [0.3, 0.4) is 0 Å². The fraction of sp³-hybridized carbons (Fsp3) is 0.524. The number of amides is 3. The van der Waals surface area contributed by atoms with E-state index in [1.165, 1.54) is 0 Å². The van der Waals surface area contributed by atoms with Gasteiger partial charge in [0.05, 0.1) is 6.07 Å². The van der Waals surface area contributed by atoms with Gasteiger partial charge >= 0.3 is 0 Å².